The molecule has 0 radical (unpaired) electrons. The molecule has 1 N–H and O–H groups in total. The van der Waals surface area contributed by atoms with Gasteiger partial charge in [-0.25, -0.2) is 0 Å². The first-order chi connectivity index (χ1) is 10.5. The first-order valence-corrected chi connectivity index (χ1v) is 8.73. The Bertz CT molecular complexity index is 224. The number of aliphatic hydroxyl groups is 1. The summed E-state index contributed by atoms with van der Waals surface area (Å²) in [4.78, 5) is 6.80. The Morgan fingerprint density at radius 2 is 1.41 bits per heavy atom. The number of hydrogen-bond acceptors (Lipinski definition) is 5. The molecule has 0 saturated heterocycles. The molecule has 0 saturated carbocycles. The van der Waals surface area contributed by atoms with Crippen LogP contribution in [0.2, 0.25) is 0 Å². The van der Waals surface area contributed by atoms with Gasteiger partial charge in [0.25, 0.3) is 0 Å². The van der Waals surface area contributed by atoms with Gasteiger partial charge in [-0.3, -0.25) is 0 Å². The molecule has 5 heteroatoms. The van der Waals surface area contributed by atoms with Crippen LogP contribution in [0.3, 0.4) is 0 Å². The van der Waals surface area contributed by atoms with Gasteiger partial charge in [0.2, 0.25) is 0 Å². The summed E-state index contributed by atoms with van der Waals surface area (Å²) >= 11 is 0. The van der Waals surface area contributed by atoms with E-state index in [4.69, 9.17) is 4.74 Å². The van der Waals surface area contributed by atoms with Crippen LogP contribution in [0.25, 0.3) is 0 Å². The largest absolute Gasteiger partial charge is 0.389 e. The lowest BCUT2D eigenvalue weighted by Crippen LogP contribution is -2.38. The smallest absolute Gasteiger partial charge is 0.0900 e. The Labute approximate surface area is 138 Å². The third-order valence-corrected chi connectivity index (χ3v) is 3.58. The summed E-state index contributed by atoms with van der Waals surface area (Å²) in [6.07, 6.45) is 4.10. The van der Waals surface area contributed by atoms with E-state index in [2.05, 4.69) is 49.8 Å². The average Bonchev–Trinajstić information content (AvgIpc) is 2.42. The van der Waals surface area contributed by atoms with Crippen molar-refractivity contribution >= 4 is 0 Å². The van der Waals surface area contributed by atoms with E-state index in [1.54, 1.807) is 0 Å². The van der Waals surface area contributed by atoms with Gasteiger partial charge in [0.15, 0.2) is 0 Å². The van der Waals surface area contributed by atoms with Gasteiger partial charge in [-0.2, -0.15) is 0 Å². The second kappa shape index (κ2) is 14.4. The van der Waals surface area contributed by atoms with E-state index >= 15 is 0 Å². The number of unbranched alkanes of at least 4 members (excludes halogenated alkanes) is 1. The van der Waals surface area contributed by atoms with Crippen LogP contribution in [0.1, 0.15) is 32.6 Å². The van der Waals surface area contributed by atoms with E-state index in [1.165, 1.54) is 0 Å². The molecular formula is C17H39N3O2. The maximum Gasteiger partial charge on any atom is 0.0900 e. The Balaban J connectivity index is 4.02. The van der Waals surface area contributed by atoms with E-state index in [1.807, 2.05) is 0 Å². The lowest BCUT2D eigenvalue weighted by molar-refractivity contribution is 0.0149. The molecule has 22 heavy (non-hydrogen) atoms. The third-order valence-electron chi connectivity index (χ3n) is 3.58. The van der Waals surface area contributed by atoms with Crippen LogP contribution in [0, 0.1) is 0 Å². The summed E-state index contributed by atoms with van der Waals surface area (Å²) in [7, 11) is 8.42. The zero-order chi connectivity index (χ0) is 16.8. The zero-order valence-corrected chi connectivity index (χ0v) is 15.6. The fraction of sp³-hybridized carbons (Fsp3) is 1.00. The molecule has 0 bridgehead atoms. The molecule has 1 atom stereocenters. The Morgan fingerprint density at radius 3 is 1.86 bits per heavy atom. The van der Waals surface area contributed by atoms with Crippen LogP contribution in [-0.2, 0) is 4.74 Å². The molecule has 0 aliphatic heterocycles. The number of ether oxygens (including phenoxy) is 1. The SMILES string of the molecule is CCCCOCC(O)CN(CCCN(C)C)CCCN(C)C. The molecule has 0 aromatic heterocycles. The first-order valence-electron chi connectivity index (χ1n) is 8.73. The topological polar surface area (TPSA) is 39.2 Å². The molecule has 0 rings (SSSR count). The number of hydrogen-bond donors (Lipinski definition) is 1. The quantitative estimate of drug-likeness (QED) is 0.462. The zero-order valence-electron chi connectivity index (χ0n) is 15.6. The molecule has 0 aromatic carbocycles. The molecule has 0 amide bonds. The van der Waals surface area contributed by atoms with Gasteiger partial charge >= 0.3 is 0 Å². The molecule has 0 heterocycles. The van der Waals surface area contributed by atoms with Gasteiger partial charge in [0, 0.05) is 13.2 Å². The van der Waals surface area contributed by atoms with Crippen molar-refractivity contribution < 1.29 is 9.84 Å². The summed E-state index contributed by atoms with van der Waals surface area (Å²) in [5, 5.41) is 10.1. The number of rotatable bonds is 15. The second-order valence-corrected chi connectivity index (χ2v) is 6.70. The van der Waals surface area contributed by atoms with Gasteiger partial charge in [-0.05, 0) is 73.6 Å². The minimum atomic E-state index is -0.379. The highest BCUT2D eigenvalue weighted by atomic mass is 16.5. The molecular weight excluding hydrogens is 278 g/mol. The molecule has 0 spiro atoms. The molecule has 0 aliphatic rings. The average molecular weight is 318 g/mol. The van der Waals surface area contributed by atoms with Crippen molar-refractivity contribution in [2.24, 2.45) is 0 Å². The van der Waals surface area contributed by atoms with Crippen LogP contribution in [-0.4, -0.2) is 100 Å². The monoisotopic (exact) mass is 317 g/mol. The summed E-state index contributed by atoms with van der Waals surface area (Å²) in [5.41, 5.74) is 0. The van der Waals surface area contributed by atoms with Crippen molar-refractivity contribution in [2.45, 2.75) is 38.7 Å². The standard InChI is InChI=1S/C17H39N3O2/c1-6-7-14-22-16-17(21)15-20(12-8-10-18(2)3)13-9-11-19(4)5/h17,21H,6-16H2,1-5H3. The lowest BCUT2D eigenvalue weighted by Gasteiger charge is -2.26. The van der Waals surface area contributed by atoms with Gasteiger partial charge in [0.05, 0.1) is 12.7 Å². The van der Waals surface area contributed by atoms with Gasteiger partial charge < -0.3 is 24.5 Å². The van der Waals surface area contributed by atoms with Crippen molar-refractivity contribution in [3.63, 3.8) is 0 Å². The molecule has 134 valence electrons. The van der Waals surface area contributed by atoms with Crippen molar-refractivity contribution in [2.75, 3.05) is 74.1 Å². The van der Waals surface area contributed by atoms with Crippen molar-refractivity contribution in [1.29, 1.82) is 0 Å². The van der Waals surface area contributed by atoms with E-state index in [9.17, 15) is 5.11 Å². The summed E-state index contributed by atoms with van der Waals surface area (Å²) in [6.45, 7) is 8.34. The Morgan fingerprint density at radius 1 is 0.864 bits per heavy atom. The predicted molar refractivity (Wildman–Crippen MR) is 94.5 cm³/mol. The molecule has 0 aliphatic carbocycles. The minimum Gasteiger partial charge on any atom is -0.389 e. The van der Waals surface area contributed by atoms with Crippen LogP contribution < -0.4 is 0 Å². The Kier molecular flexibility index (Phi) is 14.3. The van der Waals surface area contributed by atoms with E-state index < -0.39 is 0 Å². The van der Waals surface area contributed by atoms with Crippen LogP contribution in [0.15, 0.2) is 0 Å². The van der Waals surface area contributed by atoms with Gasteiger partial charge in [-0.1, -0.05) is 13.3 Å². The molecule has 0 aromatic rings. The predicted octanol–water partition coefficient (Wildman–Crippen LogP) is 1.37. The highest BCUT2D eigenvalue weighted by molar-refractivity contribution is 4.66. The fourth-order valence-corrected chi connectivity index (χ4v) is 2.33. The van der Waals surface area contributed by atoms with E-state index in [0.29, 0.717) is 13.2 Å². The van der Waals surface area contributed by atoms with E-state index in [0.717, 1.165) is 58.5 Å². The lowest BCUT2D eigenvalue weighted by atomic mass is 10.2. The highest BCUT2D eigenvalue weighted by Crippen LogP contribution is 2.00. The molecule has 5 nitrogen and oxygen atoms in total. The van der Waals surface area contributed by atoms with Gasteiger partial charge in [0.1, 0.15) is 0 Å². The third kappa shape index (κ3) is 14.7. The molecule has 1 unspecified atom stereocenters. The first kappa shape index (κ1) is 21.8. The Hall–Kier alpha value is -0.200. The number of nitrogens with zero attached hydrogens (tertiary/aromatic N) is 3. The minimum absolute atomic E-state index is 0.379. The summed E-state index contributed by atoms with van der Waals surface area (Å²) in [5.74, 6) is 0. The van der Waals surface area contributed by atoms with Crippen molar-refractivity contribution in [1.82, 2.24) is 14.7 Å². The maximum absolute atomic E-state index is 10.1. The normalized spacial score (nSPS) is 13.5. The number of aliphatic hydroxyl groups excluding tert-OH is 1. The van der Waals surface area contributed by atoms with Crippen molar-refractivity contribution in [3.05, 3.63) is 0 Å². The fourth-order valence-electron chi connectivity index (χ4n) is 2.33. The maximum atomic E-state index is 10.1. The highest BCUT2D eigenvalue weighted by Gasteiger charge is 2.12. The van der Waals surface area contributed by atoms with Gasteiger partial charge in [-0.15, -0.1) is 0 Å². The summed E-state index contributed by atoms with van der Waals surface area (Å²) < 4.78 is 5.53. The van der Waals surface area contributed by atoms with Crippen LogP contribution in [0.4, 0.5) is 0 Å². The van der Waals surface area contributed by atoms with Crippen molar-refractivity contribution in [3.8, 4) is 0 Å². The molecule has 0 fully saturated rings. The van der Waals surface area contributed by atoms with Crippen LogP contribution >= 0.6 is 0 Å². The van der Waals surface area contributed by atoms with Crippen LogP contribution in [0.5, 0.6) is 0 Å². The second-order valence-electron chi connectivity index (χ2n) is 6.70. The van der Waals surface area contributed by atoms with E-state index in [-0.39, 0.29) is 6.10 Å². The summed E-state index contributed by atoms with van der Waals surface area (Å²) in [6, 6.07) is 0.